The van der Waals surface area contributed by atoms with Gasteiger partial charge in [0.1, 0.15) is 0 Å². The molecule has 2 amide bonds. The van der Waals surface area contributed by atoms with Crippen LogP contribution in [0.4, 0.5) is 0 Å². The van der Waals surface area contributed by atoms with E-state index in [9.17, 15) is 9.59 Å². The number of nitrogens with zero attached hydrogens (tertiary/aromatic N) is 3. The van der Waals surface area contributed by atoms with E-state index in [1.807, 2.05) is 27.7 Å². The zero-order valence-corrected chi connectivity index (χ0v) is 15.0. The molecule has 2 N–H and O–H groups in total. The Morgan fingerprint density at radius 2 is 1.76 bits per heavy atom. The van der Waals surface area contributed by atoms with Crippen molar-refractivity contribution in [2.24, 2.45) is 0 Å². The number of carbonyl (C=O) groups excluding carboxylic acids is 2. The maximum atomic E-state index is 12.2. The summed E-state index contributed by atoms with van der Waals surface area (Å²) in [6, 6.07) is 7.34. The van der Waals surface area contributed by atoms with Crippen LogP contribution in [0.5, 0.6) is 0 Å². The van der Waals surface area contributed by atoms with Gasteiger partial charge in [0.05, 0.1) is 11.4 Å². The average Bonchev–Trinajstić information content (AvgIpc) is 3.25. The standard InChI is InChI=1S/C18H23N5O2/c1-11-15(17(25)19-13-7-8-13)21-22-23(11)14-9-5-12(6-10-14)16(24)20-18(2,3)4/h5-6,9-10,13H,7-8H2,1-4H3,(H,19,25)(H,20,24). The minimum absolute atomic E-state index is 0.126. The van der Waals surface area contributed by atoms with Crippen molar-refractivity contribution in [1.29, 1.82) is 0 Å². The second kappa shape index (κ2) is 6.31. The number of rotatable bonds is 4. The monoisotopic (exact) mass is 341 g/mol. The molecular formula is C18H23N5O2. The fourth-order valence-corrected chi connectivity index (χ4v) is 2.43. The molecule has 0 aliphatic heterocycles. The van der Waals surface area contributed by atoms with E-state index in [0.29, 0.717) is 17.0 Å². The summed E-state index contributed by atoms with van der Waals surface area (Å²) in [5.74, 6) is -0.314. The quantitative estimate of drug-likeness (QED) is 0.890. The van der Waals surface area contributed by atoms with Crippen LogP contribution in [0.3, 0.4) is 0 Å². The molecular weight excluding hydrogens is 318 g/mol. The predicted molar refractivity (Wildman–Crippen MR) is 93.8 cm³/mol. The Kier molecular flexibility index (Phi) is 4.32. The Bertz CT molecular complexity index is 798. The summed E-state index contributed by atoms with van der Waals surface area (Å²) in [7, 11) is 0. The molecule has 2 aromatic rings. The van der Waals surface area contributed by atoms with Gasteiger partial charge in [0.25, 0.3) is 11.8 Å². The molecule has 1 heterocycles. The Labute approximate surface area is 146 Å². The molecule has 7 nitrogen and oxygen atoms in total. The molecule has 0 spiro atoms. The van der Waals surface area contributed by atoms with Crippen LogP contribution in [0.1, 0.15) is 60.2 Å². The van der Waals surface area contributed by atoms with Gasteiger partial charge in [0, 0.05) is 17.1 Å². The van der Waals surface area contributed by atoms with Crippen molar-refractivity contribution in [3.63, 3.8) is 0 Å². The Hall–Kier alpha value is -2.70. The molecule has 0 unspecified atom stereocenters. The van der Waals surface area contributed by atoms with E-state index in [2.05, 4.69) is 20.9 Å². The molecule has 132 valence electrons. The molecule has 0 atom stereocenters. The molecule has 3 rings (SSSR count). The van der Waals surface area contributed by atoms with Gasteiger partial charge in [-0.15, -0.1) is 5.10 Å². The van der Waals surface area contributed by atoms with Gasteiger partial charge in [-0.05, 0) is 64.8 Å². The highest BCUT2D eigenvalue weighted by Gasteiger charge is 2.26. The number of aromatic nitrogens is 3. The van der Waals surface area contributed by atoms with Gasteiger partial charge in [-0.1, -0.05) is 5.21 Å². The topological polar surface area (TPSA) is 88.9 Å². The van der Waals surface area contributed by atoms with Gasteiger partial charge in [0.15, 0.2) is 5.69 Å². The smallest absolute Gasteiger partial charge is 0.273 e. The molecule has 0 radical (unpaired) electrons. The summed E-state index contributed by atoms with van der Waals surface area (Å²) in [6.45, 7) is 7.62. The van der Waals surface area contributed by atoms with E-state index in [1.54, 1.807) is 28.9 Å². The van der Waals surface area contributed by atoms with Gasteiger partial charge in [-0.3, -0.25) is 9.59 Å². The van der Waals surface area contributed by atoms with E-state index < -0.39 is 0 Å². The third-order valence-corrected chi connectivity index (χ3v) is 3.88. The first-order chi connectivity index (χ1) is 11.7. The van der Waals surface area contributed by atoms with E-state index in [1.165, 1.54) is 0 Å². The maximum absolute atomic E-state index is 12.2. The fraction of sp³-hybridized carbons (Fsp3) is 0.444. The highest BCUT2D eigenvalue weighted by molar-refractivity contribution is 5.95. The fourth-order valence-electron chi connectivity index (χ4n) is 2.43. The van der Waals surface area contributed by atoms with Crippen molar-refractivity contribution >= 4 is 11.8 Å². The largest absolute Gasteiger partial charge is 0.348 e. The predicted octanol–water partition coefficient (Wildman–Crippen LogP) is 2.00. The SMILES string of the molecule is Cc1c(C(=O)NC2CC2)nnn1-c1ccc(C(=O)NC(C)(C)C)cc1. The molecule has 0 saturated heterocycles. The Morgan fingerprint density at radius 1 is 1.12 bits per heavy atom. The second-order valence-corrected chi connectivity index (χ2v) is 7.43. The molecule has 1 aliphatic rings. The van der Waals surface area contributed by atoms with Crippen LogP contribution in [-0.4, -0.2) is 38.4 Å². The highest BCUT2D eigenvalue weighted by Crippen LogP contribution is 2.20. The van der Waals surface area contributed by atoms with E-state index in [4.69, 9.17) is 0 Å². The van der Waals surface area contributed by atoms with Crippen LogP contribution in [0.25, 0.3) is 5.69 Å². The number of hydrogen-bond acceptors (Lipinski definition) is 4. The van der Waals surface area contributed by atoms with Crippen LogP contribution in [0.15, 0.2) is 24.3 Å². The summed E-state index contributed by atoms with van der Waals surface area (Å²) in [4.78, 5) is 24.3. The molecule has 7 heteroatoms. The first-order valence-corrected chi connectivity index (χ1v) is 8.41. The molecule has 1 fully saturated rings. The van der Waals surface area contributed by atoms with Crippen molar-refractivity contribution in [3.8, 4) is 5.69 Å². The van der Waals surface area contributed by atoms with E-state index in [0.717, 1.165) is 18.5 Å². The Balaban J connectivity index is 1.77. The maximum Gasteiger partial charge on any atom is 0.273 e. The van der Waals surface area contributed by atoms with Gasteiger partial charge in [-0.2, -0.15) is 0 Å². The van der Waals surface area contributed by atoms with Crippen molar-refractivity contribution < 1.29 is 9.59 Å². The lowest BCUT2D eigenvalue weighted by Gasteiger charge is -2.20. The number of benzene rings is 1. The Morgan fingerprint density at radius 3 is 2.32 bits per heavy atom. The normalized spacial score (nSPS) is 14.2. The summed E-state index contributed by atoms with van der Waals surface area (Å²) >= 11 is 0. The van der Waals surface area contributed by atoms with Gasteiger partial charge < -0.3 is 10.6 Å². The second-order valence-electron chi connectivity index (χ2n) is 7.43. The van der Waals surface area contributed by atoms with E-state index in [-0.39, 0.29) is 23.4 Å². The summed E-state index contributed by atoms with van der Waals surface area (Å²) < 4.78 is 1.60. The molecule has 1 aliphatic carbocycles. The zero-order valence-electron chi connectivity index (χ0n) is 15.0. The number of amides is 2. The lowest BCUT2D eigenvalue weighted by Crippen LogP contribution is -2.40. The molecule has 25 heavy (non-hydrogen) atoms. The number of hydrogen-bond donors (Lipinski definition) is 2. The first kappa shape index (κ1) is 17.1. The molecule has 1 aromatic carbocycles. The molecule has 1 aromatic heterocycles. The lowest BCUT2D eigenvalue weighted by molar-refractivity contribution is 0.0917. The van der Waals surface area contributed by atoms with Gasteiger partial charge in [0.2, 0.25) is 0 Å². The van der Waals surface area contributed by atoms with Gasteiger partial charge >= 0.3 is 0 Å². The first-order valence-electron chi connectivity index (χ1n) is 8.41. The lowest BCUT2D eigenvalue weighted by atomic mass is 10.1. The molecule has 1 saturated carbocycles. The minimum atomic E-state index is -0.290. The molecule has 0 bridgehead atoms. The average molecular weight is 341 g/mol. The van der Waals surface area contributed by atoms with Crippen molar-refractivity contribution in [2.45, 2.75) is 52.1 Å². The van der Waals surface area contributed by atoms with Crippen molar-refractivity contribution in [2.75, 3.05) is 0 Å². The number of nitrogens with one attached hydrogen (secondary N) is 2. The van der Waals surface area contributed by atoms with Crippen LogP contribution in [0, 0.1) is 6.92 Å². The van der Waals surface area contributed by atoms with Gasteiger partial charge in [-0.25, -0.2) is 4.68 Å². The third-order valence-electron chi connectivity index (χ3n) is 3.88. The van der Waals surface area contributed by atoms with Crippen molar-refractivity contribution in [1.82, 2.24) is 25.6 Å². The zero-order chi connectivity index (χ0) is 18.2. The van der Waals surface area contributed by atoms with Crippen LogP contribution in [0.2, 0.25) is 0 Å². The summed E-state index contributed by atoms with van der Waals surface area (Å²) in [5.41, 5.74) is 2.04. The summed E-state index contributed by atoms with van der Waals surface area (Å²) in [5, 5.41) is 13.9. The summed E-state index contributed by atoms with van der Waals surface area (Å²) in [6.07, 6.45) is 2.05. The minimum Gasteiger partial charge on any atom is -0.348 e. The van der Waals surface area contributed by atoms with Crippen molar-refractivity contribution in [3.05, 3.63) is 41.2 Å². The highest BCUT2D eigenvalue weighted by atomic mass is 16.2. The van der Waals surface area contributed by atoms with Crippen LogP contribution in [-0.2, 0) is 0 Å². The third kappa shape index (κ3) is 4.04. The number of carbonyl (C=O) groups is 2. The van der Waals surface area contributed by atoms with Crippen LogP contribution >= 0.6 is 0 Å². The van der Waals surface area contributed by atoms with E-state index >= 15 is 0 Å². The van der Waals surface area contributed by atoms with Crippen LogP contribution < -0.4 is 10.6 Å².